The van der Waals surface area contributed by atoms with Crippen LogP contribution in [0.25, 0.3) is 0 Å². The highest BCUT2D eigenvalue weighted by atomic mass is 127. The Balaban J connectivity index is 3.51. The van der Waals surface area contributed by atoms with Gasteiger partial charge in [-0.05, 0) is 22.0 Å². The number of nitriles is 1. The van der Waals surface area contributed by atoms with E-state index in [0.29, 0.717) is 0 Å². The first-order valence-electron chi connectivity index (χ1n) is 1.36. The molecule has 1 atom stereocenters. The van der Waals surface area contributed by atoms with Crippen LogP contribution in [0.5, 0.6) is 0 Å². The third-order valence-electron chi connectivity index (χ3n) is 0.0923. The lowest BCUT2D eigenvalue weighted by Gasteiger charge is -1.49. The van der Waals surface area contributed by atoms with Gasteiger partial charge in [-0.2, -0.15) is 10.0 Å². The third-order valence-corrected chi connectivity index (χ3v) is 1.00. The topological polar surface area (TPSA) is 36.1 Å². The molecule has 0 amide bonds. The van der Waals surface area contributed by atoms with Crippen LogP contribution in [0.4, 0.5) is 0 Å². The van der Waals surface area contributed by atoms with Crippen LogP contribution in [0, 0.1) is 11.5 Å². The predicted octanol–water partition coefficient (Wildman–Crippen LogP) is 1.41. The lowest BCUT2D eigenvalue weighted by Crippen LogP contribution is -1.20. The fraction of sp³-hybridized carbons (Fsp3) is 0. The Morgan fingerprint density at radius 2 is 3.00 bits per heavy atom. The SMILES string of the molecule is [2H]/[PH](I)=N\C#N. The molecular weight excluding hydrogens is 198 g/mol. The molecule has 0 N–H and O–H groups in total. The molecule has 0 rings (SSSR count). The maximum absolute atomic E-state index is 7.72. The van der Waals surface area contributed by atoms with Crippen LogP contribution in [-0.2, 0) is 0 Å². The molecule has 2 nitrogen and oxygen atoms in total. The largest absolute Gasteiger partial charge is 0.204 e. The fourth-order valence-electron chi connectivity index (χ4n) is 0.0189. The van der Waals surface area contributed by atoms with E-state index in [0.717, 1.165) is 0 Å². The number of halogens is 1. The molecule has 0 saturated carbocycles. The van der Waals surface area contributed by atoms with Crippen molar-refractivity contribution in [2.24, 2.45) is 4.74 Å². The lowest BCUT2D eigenvalue weighted by molar-refractivity contribution is 1.46. The molecule has 28 valence electrons. The van der Waals surface area contributed by atoms with E-state index in [4.69, 9.17) is 6.54 Å². The van der Waals surface area contributed by atoms with Crippen LogP contribution in [0.1, 0.15) is 0 Å². The molecule has 0 fully saturated rings. The van der Waals surface area contributed by atoms with Crippen LogP contribution in [0.3, 0.4) is 0 Å². The first-order chi connectivity index (χ1) is 2.77. The maximum atomic E-state index is 7.72. The van der Waals surface area contributed by atoms with Crippen molar-refractivity contribution in [2.75, 3.05) is 0 Å². The third kappa shape index (κ3) is 4.45. The standard InChI is InChI=1S/CH2IN2P/c2-5-4-1-3/h5H2/i5D. The van der Waals surface area contributed by atoms with E-state index in [1.54, 1.807) is 6.19 Å². The van der Waals surface area contributed by atoms with E-state index in [-0.39, 0.29) is 0 Å². The second-order valence-corrected chi connectivity index (χ2v) is 2.14. The van der Waals surface area contributed by atoms with Crippen molar-refractivity contribution in [3.05, 3.63) is 0 Å². The number of hydrogen-bond donors (Lipinski definition) is 0. The van der Waals surface area contributed by atoms with Crippen molar-refractivity contribution < 1.29 is 0 Å². The maximum Gasteiger partial charge on any atom is 0.204 e. The predicted molar refractivity (Wildman–Crippen MR) is 31.8 cm³/mol. The van der Waals surface area contributed by atoms with Gasteiger partial charge in [0.15, 0.2) is 0 Å². The summed E-state index contributed by atoms with van der Waals surface area (Å²) in [6.45, 7) is 0. The summed E-state index contributed by atoms with van der Waals surface area (Å²) in [6, 6.07) is 0. The summed E-state index contributed by atoms with van der Waals surface area (Å²) in [5, 5.41) is 7.72. The zero-order valence-electron chi connectivity index (χ0n) is 3.27. The normalized spacial score (nSPS) is 16.4. The van der Waals surface area contributed by atoms with Gasteiger partial charge in [0.1, 0.15) is 0 Å². The van der Waals surface area contributed by atoms with E-state index in [1.165, 1.54) is 0 Å². The molecule has 5 heavy (non-hydrogen) atoms. The molecular formula is CH2IN2P. The summed E-state index contributed by atoms with van der Waals surface area (Å²) in [4.78, 5) is 0. The summed E-state index contributed by atoms with van der Waals surface area (Å²) in [5.74, 6) is -1.40. The monoisotopic (exact) mass is 201 g/mol. The minimum Gasteiger partial charge on any atom is -0.190 e. The van der Waals surface area contributed by atoms with Gasteiger partial charge in [0.25, 0.3) is 0 Å². The average Bonchev–Trinajstić information content (AvgIpc) is 1.35. The van der Waals surface area contributed by atoms with Crippen LogP contribution in [-0.4, -0.2) is 1.28 Å². The minimum absolute atomic E-state index is 1.40. The van der Waals surface area contributed by atoms with Gasteiger partial charge in [0.2, 0.25) is 6.19 Å². The Kier molecular flexibility index (Phi) is 3.23. The molecule has 4 heteroatoms. The van der Waals surface area contributed by atoms with Gasteiger partial charge in [-0.25, -0.2) is 0 Å². The zero-order valence-corrected chi connectivity index (χ0v) is 5.43. The first kappa shape index (κ1) is 3.63. The molecule has 0 aromatic rings. The molecule has 0 radical (unpaired) electrons. The Morgan fingerprint density at radius 1 is 2.40 bits per heavy atom. The smallest absolute Gasteiger partial charge is 0.190 e. The zero-order chi connectivity index (χ0) is 4.99. The average molecular weight is 201 g/mol. The first-order valence-corrected chi connectivity index (χ1v) is 4.92. The van der Waals surface area contributed by atoms with Gasteiger partial charge < -0.3 is 0 Å². The summed E-state index contributed by atoms with van der Waals surface area (Å²) in [5.41, 5.74) is 0. The summed E-state index contributed by atoms with van der Waals surface area (Å²) in [6.07, 6.45) is 1.54. The summed E-state index contributed by atoms with van der Waals surface area (Å²) in [7, 11) is 0. The molecule has 0 spiro atoms. The molecule has 0 aliphatic rings. The molecule has 0 saturated heterocycles. The van der Waals surface area contributed by atoms with Crippen molar-refractivity contribution in [1.82, 2.24) is 0 Å². The Bertz CT molecular complexity index is 101. The molecule has 0 aliphatic heterocycles. The number of hydrogen-bond acceptors (Lipinski definition) is 2. The lowest BCUT2D eigenvalue weighted by atomic mass is 11.5. The molecule has 0 bridgehead atoms. The van der Waals surface area contributed by atoms with Gasteiger partial charge in [-0.15, -0.1) is 0 Å². The highest BCUT2D eigenvalue weighted by Crippen LogP contribution is 2.07. The van der Waals surface area contributed by atoms with Crippen molar-refractivity contribution in [3.8, 4) is 6.19 Å². The fourth-order valence-corrected chi connectivity index (χ4v) is 0.380. The minimum atomic E-state index is -1.40. The Morgan fingerprint density at radius 3 is 3.00 bits per heavy atom. The number of nitrogens with zero attached hydrogens (tertiary/aromatic N) is 2. The summed E-state index contributed by atoms with van der Waals surface area (Å²) >= 11 is 1.82. The van der Waals surface area contributed by atoms with Gasteiger partial charge in [-0.3, -0.25) is 0 Å². The highest BCUT2D eigenvalue weighted by Gasteiger charge is 1.45. The van der Waals surface area contributed by atoms with Crippen LogP contribution in [0.15, 0.2) is 4.74 Å². The van der Waals surface area contributed by atoms with E-state index in [9.17, 15) is 0 Å². The Hall–Kier alpha value is 0.450. The molecule has 0 aromatic carbocycles. The Labute approximate surface area is 45.8 Å². The van der Waals surface area contributed by atoms with Crippen LogP contribution < -0.4 is 0 Å². The van der Waals surface area contributed by atoms with Crippen molar-refractivity contribution in [2.45, 2.75) is 0 Å². The van der Waals surface area contributed by atoms with Gasteiger partial charge >= 0.3 is 0 Å². The molecule has 1 unspecified atom stereocenters. The van der Waals surface area contributed by atoms with Crippen molar-refractivity contribution in [3.63, 3.8) is 0 Å². The summed E-state index contributed by atoms with van der Waals surface area (Å²) < 4.78 is 9.86. The van der Waals surface area contributed by atoms with Crippen LogP contribution in [0.2, 0.25) is 0 Å². The quantitative estimate of drug-likeness (QED) is 0.331. The van der Waals surface area contributed by atoms with E-state index in [1.807, 2.05) is 22.0 Å². The van der Waals surface area contributed by atoms with E-state index >= 15 is 0 Å². The second-order valence-electron chi connectivity index (χ2n) is 0.296. The van der Waals surface area contributed by atoms with E-state index in [2.05, 4.69) is 4.74 Å². The molecule has 0 aromatic heterocycles. The second kappa shape index (κ2) is 4.45. The van der Waals surface area contributed by atoms with Crippen molar-refractivity contribution >= 4 is 28.0 Å². The number of rotatable bonds is 0. The van der Waals surface area contributed by atoms with Gasteiger partial charge in [0.05, 0.1) is 1.28 Å². The van der Waals surface area contributed by atoms with Gasteiger partial charge in [-0.1, -0.05) is 0 Å². The highest BCUT2D eigenvalue weighted by molar-refractivity contribution is 14.2. The molecule has 0 aliphatic carbocycles. The van der Waals surface area contributed by atoms with Crippen molar-refractivity contribution in [1.29, 1.82) is 6.54 Å². The van der Waals surface area contributed by atoms with Crippen LogP contribution >= 0.6 is 28.0 Å². The molecule has 0 heterocycles. The van der Waals surface area contributed by atoms with Gasteiger partial charge in [0, 0.05) is 5.96 Å². The van der Waals surface area contributed by atoms with E-state index < -0.39 is 5.96 Å².